The van der Waals surface area contributed by atoms with Crippen molar-refractivity contribution in [2.45, 2.75) is 44.6 Å². The molecule has 1 aliphatic rings. The summed E-state index contributed by atoms with van der Waals surface area (Å²) >= 11 is 7.67. The van der Waals surface area contributed by atoms with Crippen molar-refractivity contribution in [2.24, 2.45) is 0 Å². The molecular weight excluding hydrogens is 226 g/mol. The zero-order valence-corrected chi connectivity index (χ0v) is 10.9. The van der Waals surface area contributed by atoms with Gasteiger partial charge >= 0.3 is 0 Å². The van der Waals surface area contributed by atoms with Crippen LogP contribution < -0.4 is 5.32 Å². The van der Waals surface area contributed by atoms with E-state index >= 15 is 0 Å². The molecular formula is C12H18ClNS. The first-order chi connectivity index (χ1) is 7.08. The van der Waals surface area contributed by atoms with Gasteiger partial charge < -0.3 is 5.32 Å². The quantitative estimate of drug-likeness (QED) is 0.829. The Morgan fingerprint density at radius 3 is 2.73 bits per heavy atom. The van der Waals surface area contributed by atoms with E-state index < -0.39 is 0 Å². The van der Waals surface area contributed by atoms with Crippen LogP contribution in [0, 0.1) is 0 Å². The van der Waals surface area contributed by atoms with Crippen molar-refractivity contribution in [2.75, 3.05) is 6.54 Å². The second-order valence-electron chi connectivity index (χ2n) is 4.97. The van der Waals surface area contributed by atoms with E-state index in [1.807, 2.05) is 6.07 Å². The highest BCUT2D eigenvalue weighted by Crippen LogP contribution is 2.34. The predicted molar refractivity (Wildman–Crippen MR) is 68.0 cm³/mol. The van der Waals surface area contributed by atoms with Crippen LogP contribution in [-0.4, -0.2) is 12.6 Å². The lowest BCUT2D eigenvalue weighted by molar-refractivity contribution is 0.464. The lowest BCUT2D eigenvalue weighted by Crippen LogP contribution is -2.25. The van der Waals surface area contributed by atoms with E-state index in [2.05, 4.69) is 25.2 Å². The molecule has 1 heterocycles. The maximum Gasteiger partial charge on any atom is 0.0931 e. The summed E-state index contributed by atoms with van der Waals surface area (Å²) in [7, 11) is 0. The number of rotatable bonds is 5. The Balaban J connectivity index is 1.86. The Hall–Kier alpha value is -0.0500. The van der Waals surface area contributed by atoms with Gasteiger partial charge in [-0.25, -0.2) is 0 Å². The van der Waals surface area contributed by atoms with Gasteiger partial charge in [0.25, 0.3) is 0 Å². The number of halogens is 1. The molecule has 0 atom stereocenters. The highest BCUT2D eigenvalue weighted by molar-refractivity contribution is 7.16. The molecule has 1 fully saturated rings. The lowest BCUT2D eigenvalue weighted by atomic mass is 9.87. The second-order valence-corrected chi connectivity index (χ2v) is 6.68. The minimum absolute atomic E-state index is 0.250. The maximum atomic E-state index is 5.96. The Bertz CT molecular complexity index is 328. The zero-order valence-electron chi connectivity index (χ0n) is 9.35. The highest BCUT2D eigenvalue weighted by atomic mass is 35.5. The van der Waals surface area contributed by atoms with E-state index in [1.165, 1.54) is 24.1 Å². The molecule has 0 saturated heterocycles. The summed E-state index contributed by atoms with van der Waals surface area (Å²) < 4.78 is 0.897. The molecule has 0 aromatic carbocycles. The van der Waals surface area contributed by atoms with Gasteiger partial charge in [-0.3, -0.25) is 0 Å². The Morgan fingerprint density at radius 1 is 1.47 bits per heavy atom. The van der Waals surface area contributed by atoms with E-state index in [4.69, 9.17) is 11.6 Å². The molecule has 0 amide bonds. The smallest absolute Gasteiger partial charge is 0.0931 e. The fraction of sp³-hybridized carbons (Fsp3) is 0.667. The van der Waals surface area contributed by atoms with Crippen molar-refractivity contribution in [1.82, 2.24) is 5.32 Å². The minimum Gasteiger partial charge on any atom is -0.314 e. The van der Waals surface area contributed by atoms with Crippen LogP contribution in [-0.2, 0) is 5.41 Å². The van der Waals surface area contributed by atoms with Crippen molar-refractivity contribution in [1.29, 1.82) is 0 Å². The third-order valence-corrected chi connectivity index (χ3v) is 4.60. The molecule has 0 unspecified atom stereocenters. The SMILES string of the molecule is CC(C)(CCNC1CC1)c1ccc(Cl)s1. The molecule has 1 N–H and O–H groups in total. The van der Waals surface area contributed by atoms with E-state index in [1.54, 1.807) is 11.3 Å². The summed E-state index contributed by atoms with van der Waals surface area (Å²) in [5, 5.41) is 3.56. The summed E-state index contributed by atoms with van der Waals surface area (Å²) in [5.41, 5.74) is 0.250. The molecule has 3 heteroatoms. The Kier molecular flexibility index (Phi) is 3.39. The van der Waals surface area contributed by atoms with Crippen LogP contribution in [0.2, 0.25) is 4.34 Å². The first-order valence-corrected chi connectivity index (χ1v) is 6.76. The Labute approximate surface area is 101 Å². The molecule has 84 valence electrons. The van der Waals surface area contributed by atoms with Gasteiger partial charge in [0.2, 0.25) is 0 Å². The average molecular weight is 244 g/mol. The van der Waals surface area contributed by atoms with E-state index in [0.717, 1.165) is 16.9 Å². The van der Waals surface area contributed by atoms with Gasteiger partial charge in [0, 0.05) is 16.3 Å². The van der Waals surface area contributed by atoms with Gasteiger partial charge in [-0.1, -0.05) is 25.4 Å². The summed E-state index contributed by atoms with van der Waals surface area (Å²) in [4.78, 5) is 1.39. The number of hydrogen-bond donors (Lipinski definition) is 1. The third kappa shape index (κ3) is 3.20. The molecule has 1 aromatic rings. The van der Waals surface area contributed by atoms with Crippen molar-refractivity contribution in [3.8, 4) is 0 Å². The second kappa shape index (κ2) is 4.44. The zero-order chi connectivity index (χ0) is 10.9. The summed E-state index contributed by atoms with van der Waals surface area (Å²) in [6.07, 6.45) is 3.91. The fourth-order valence-electron chi connectivity index (χ4n) is 1.68. The molecule has 2 rings (SSSR count). The normalized spacial score (nSPS) is 17.0. The van der Waals surface area contributed by atoms with Crippen molar-refractivity contribution in [3.05, 3.63) is 21.3 Å². The predicted octanol–water partition coefficient (Wildman–Crippen LogP) is 3.82. The largest absolute Gasteiger partial charge is 0.314 e. The van der Waals surface area contributed by atoms with Gasteiger partial charge in [0.05, 0.1) is 4.34 Å². The Morgan fingerprint density at radius 2 is 2.20 bits per heavy atom. The van der Waals surface area contributed by atoms with Crippen LogP contribution >= 0.6 is 22.9 Å². The monoisotopic (exact) mass is 243 g/mol. The lowest BCUT2D eigenvalue weighted by Gasteiger charge is -2.23. The van der Waals surface area contributed by atoms with Gasteiger partial charge in [-0.15, -0.1) is 11.3 Å². The fourth-order valence-corrected chi connectivity index (χ4v) is 2.85. The summed E-state index contributed by atoms with van der Waals surface area (Å²) in [6, 6.07) is 4.97. The van der Waals surface area contributed by atoms with Crippen LogP contribution in [0.4, 0.5) is 0 Å². The van der Waals surface area contributed by atoms with Crippen LogP contribution in [0.5, 0.6) is 0 Å². The average Bonchev–Trinajstić information content (AvgIpc) is 2.86. The topological polar surface area (TPSA) is 12.0 Å². The molecule has 1 nitrogen and oxygen atoms in total. The number of nitrogens with one attached hydrogen (secondary N) is 1. The van der Waals surface area contributed by atoms with E-state index in [0.29, 0.717) is 0 Å². The van der Waals surface area contributed by atoms with E-state index in [-0.39, 0.29) is 5.41 Å². The van der Waals surface area contributed by atoms with Crippen molar-refractivity contribution >= 4 is 22.9 Å². The first kappa shape index (κ1) is 11.4. The van der Waals surface area contributed by atoms with Gasteiger partial charge in [-0.05, 0) is 37.9 Å². The molecule has 0 spiro atoms. The number of thiophene rings is 1. The standard InChI is InChI=1S/C12H18ClNS/c1-12(2,7-8-14-9-3-4-9)10-5-6-11(13)15-10/h5-6,9,14H,3-4,7-8H2,1-2H3. The van der Waals surface area contributed by atoms with Crippen LogP contribution in [0.1, 0.15) is 38.0 Å². The third-order valence-electron chi connectivity index (χ3n) is 3.00. The minimum atomic E-state index is 0.250. The maximum absolute atomic E-state index is 5.96. The molecule has 0 radical (unpaired) electrons. The van der Waals surface area contributed by atoms with Gasteiger partial charge in [0.15, 0.2) is 0 Å². The summed E-state index contributed by atoms with van der Waals surface area (Å²) in [5.74, 6) is 0. The van der Waals surface area contributed by atoms with Crippen LogP contribution in [0.25, 0.3) is 0 Å². The molecule has 15 heavy (non-hydrogen) atoms. The van der Waals surface area contributed by atoms with Crippen LogP contribution in [0.15, 0.2) is 12.1 Å². The molecule has 0 bridgehead atoms. The molecule has 0 aliphatic heterocycles. The summed E-state index contributed by atoms with van der Waals surface area (Å²) in [6.45, 7) is 5.71. The van der Waals surface area contributed by atoms with Crippen molar-refractivity contribution < 1.29 is 0 Å². The van der Waals surface area contributed by atoms with Crippen molar-refractivity contribution in [3.63, 3.8) is 0 Å². The van der Waals surface area contributed by atoms with Gasteiger partial charge in [0.1, 0.15) is 0 Å². The molecule has 1 saturated carbocycles. The first-order valence-electron chi connectivity index (χ1n) is 5.57. The van der Waals surface area contributed by atoms with Gasteiger partial charge in [-0.2, -0.15) is 0 Å². The number of hydrogen-bond acceptors (Lipinski definition) is 2. The molecule has 1 aliphatic carbocycles. The van der Waals surface area contributed by atoms with Crippen LogP contribution in [0.3, 0.4) is 0 Å². The highest BCUT2D eigenvalue weighted by Gasteiger charge is 2.25. The van der Waals surface area contributed by atoms with E-state index in [9.17, 15) is 0 Å². The molecule has 1 aromatic heterocycles.